The Balaban J connectivity index is 1.47. The van der Waals surface area contributed by atoms with E-state index in [1.807, 2.05) is 0 Å². The largest absolute Gasteiger partial charge is 0.327 e. The summed E-state index contributed by atoms with van der Waals surface area (Å²) in [6.07, 6.45) is 18.0. The topological polar surface area (TPSA) is 26.0 Å². The molecule has 3 saturated carbocycles. The zero-order valence-corrected chi connectivity index (χ0v) is 21.1. The molecule has 2 N–H and O–H groups in total. The Kier molecular flexibility index (Phi) is 6.53. The van der Waals surface area contributed by atoms with Gasteiger partial charge in [-0.3, -0.25) is 0 Å². The number of allylic oxidation sites excluding steroid dienone is 1. The molecule has 3 fully saturated rings. The van der Waals surface area contributed by atoms with Crippen molar-refractivity contribution in [2.24, 2.45) is 58.0 Å². The molecule has 4 aliphatic carbocycles. The first-order valence-electron chi connectivity index (χ1n) is 13.7. The van der Waals surface area contributed by atoms with Crippen LogP contribution < -0.4 is 5.73 Å². The van der Waals surface area contributed by atoms with E-state index in [-0.39, 0.29) is 0 Å². The normalized spacial score (nSPS) is 45.3. The van der Waals surface area contributed by atoms with Gasteiger partial charge < -0.3 is 5.73 Å². The summed E-state index contributed by atoms with van der Waals surface area (Å²) in [4.78, 5) is 0. The van der Waals surface area contributed by atoms with Crippen LogP contribution in [0.1, 0.15) is 112 Å². The highest BCUT2D eigenvalue weighted by molar-refractivity contribution is 5.25. The molecule has 4 rings (SSSR count). The quantitative estimate of drug-likeness (QED) is 0.439. The molecule has 9 unspecified atom stereocenters. The Hall–Kier alpha value is -0.300. The lowest BCUT2D eigenvalue weighted by Crippen LogP contribution is -2.51. The van der Waals surface area contributed by atoms with E-state index in [1.54, 1.807) is 5.57 Å². The third-order valence-electron chi connectivity index (χ3n) is 11.4. The van der Waals surface area contributed by atoms with Gasteiger partial charge in [-0.05, 0) is 110 Å². The average Bonchev–Trinajstić information content (AvgIpc) is 3.06. The third-order valence-corrected chi connectivity index (χ3v) is 11.4. The first-order valence-corrected chi connectivity index (χ1v) is 13.7. The minimum Gasteiger partial charge on any atom is -0.327 e. The third kappa shape index (κ3) is 3.74. The fraction of sp³-hybridized carbons (Fsp3) is 0.931. The minimum atomic E-state index is 0.421. The maximum atomic E-state index is 6.36. The lowest BCUT2D eigenvalue weighted by Gasteiger charge is -2.58. The lowest BCUT2D eigenvalue weighted by molar-refractivity contribution is -0.0511. The second-order valence-corrected chi connectivity index (χ2v) is 13.0. The van der Waals surface area contributed by atoms with Crippen molar-refractivity contribution in [2.45, 2.75) is 118 Å². The standard InChI is InChI=1S/C29H51N/c1-7-21(19(2)3)9-8-20(4)25-12-13-26-24-11-10-22-18-23(30)14-16-28(22,5)27(24)15-17-29(25,26)6/h10,19-21,23-27H,7-9,11-18,30H2,1-6H3. The van der Waals surface area contributed by atoms with E-state index < -0.39 is 0 Å². The monoisotopic (exact) mass is 413 g/mol. The zero-order valence-electron chi connectivity index (χ0n) is 21.1. The summed E-state index contributed by atoms with van der Waals surface area (Å²) in [7, 11) is 0. The molecule has 0 aromatic rings. The number of fused-ring (bicyclic) bond motifs is 5. The fourth-order valence-corrected chi connectivity index (χ4v) is 9.35. The Morgan fingerprint density at radius 3 is 2.47 bits per heavy atom. The molecule has 4 aliphatic rings. The first-order chi connectivity index (χ1) is 14.2. The highest BCUT2D eigenvalue weighted by Gasteiger charge is 2.58. The molecule has 1 nitrogen and oxygen atoms in total. The maximum Gasteiger partial charge on any atom is 0.00766 e. The van der Waals surface area contributed by atoms with Crippen LogP contribution in [0.4, 0.5) is 0 Å². The van der Waals surface area contributed by atoms with Crippen LogP contribution in [0.5, 0.6) is 0 Å². The van der Waals surface area contributed by atoms with Gasteiger partial charge in [0.15, 0.2) is 0 Å². The molecule has 0 aromatic heterocycles. The molecule has 0 bridgehead atoms. The van der Waals surface area contributed by atoms with Crippen LogP contribution in [0.25, 0.3) is 0 Å². The molecule has 1 heteroatoms. The highest BCUT2D eigenvalue weighted by Crippen LogP contribution is 2.67. The van der Waals surface area contributed by atoms with E-state index in [4.69, 9.17) is 5.73 Å². The van der Waals surface area contributed by atoms with E-state index in [1.165, 1.54) is 70.6 Å². The van der Waals surface area contributed by atoms with Gasteiger partial charge in [-0.2, -0.15) is 0 Å². The SMILES string of the molecule is CCC(CCC(C)C1CCC2C3CC=C4CC(N)CCC4(C)C3CCC12C)C(C)C. The predicted octanol–water partition coefficient (Wildman–Crippen LogP) is 7.99. The summed E-state index contributed by atoms with van der Waals surface area (Å²) < 4.78 is 0. The van der Waals surface area contributed by atoms with Crippen molar-refractivity contribution in [1.82, 2.24) is 0 Å². The minimum absolute atomic E-state index is 0.421. The van der Waals surface area contributed by atoms with Crippen LogP contribution in [0.2, 0.25) is 0 Å². The van der Waals surface area contributed by atoms with E-state index >= 15 is 0 Å². The first kappa shape index (κ1) is 22.9. The summed E-state index contributed by atoms with van der Waals surface area (Å²) in [6, 6.07) is 0.421. The lowest BCUT2D eigenvalue weighted by atomic mass is 9.47. The summed E-state index contributed by atoms with van der Waals surface area (Å²) in [5.41, 5.74) is 9.18. The van der Waals surface area contributed by atoms with E-state index in [9.17, 15) is 0 Å². The van der Waals surface area contributed by atoms with Crippen LogP contribution in [-0.4, -0.2) is 6.04 Å². The van der Waals surface area contributed by atoms with Crippen LogP contribution >= 0.6 is 0 Å². The number of nitrogens with two attached hydrogens (primary N) is 1. The van der Waals surface area contributed by atoms with Gasteiger partial charge in [0.1, 0.15) is 0 Å². The summed E-state index contributed by atoms with van der Waals surface area (Å²) >= 11 is 0. The summed E-state index contributed by atoms with van der Waals surface area (Å²) in [6.45, 7) is 15.2. The highest BCUT2D eigenvalue weighted by atomic mass is 14.7. The zero-order chi connectivity index (χ0) is 21.7. The Labute approximate surface area is 188 Å². The van der Waals surface area contributed by atoms with Crippen LogP contribution in [-0.2, 0) is 0 Å². The van der Waals surface area contributed by atoms with E-state index in [2.05, 4.69) is 47.6 Å². The number of hydrogen-bond acceptors (Lipinski definition) is 1. The molecule has 0 aromatic carbocycles. The molecule has 0 aliphatic heterocycles. The van der Waals surface area contributed by atoms with Gasteiger partial charge in [0, 0.05) is 6.04 Å². The van der Waals surface area contributed by atoms with Crippen molar-refractivity contribution >= 4 is 0 Å². The second-order valence-electron chi connectivity index (χ2n) is 13.0. The van der Waals surface area contributed by atoms with Crippen molar-refractivity contribution < 1.29 is 0 Å². The molecule has 30 heavy (non-hydrogen) atoms. The molecule has 0 heterocycles. The fourth-order valence-electron chi connectivity index (χ4n) is 9.35. The van der Waals surface area contributed by atoms with Gasteiger partial charge >= 0.3 is 0 Å². The van der Waals surface area contributed by atoms with Crippen molar-refractivity contribution in [3.05, 3.63) is 11.6 Å². The molecule has 0 radical (unpaired) electrons. The van der Waals surface area contributed by atoms with Gasteiger partial charge in [0.2, 0.25) is 0 Å². The molecule has 172 valence electrons. The van der Waals surface area contributed by atoms with E-state index in [0.29, 0.717) is 16.9 Å². The van der Waals surface area contributed by atoms with Crippen molar-refractivity contribution in [3.8, 4) is 0 Å². The Bertz CT molecular complexity index is 634. The Morgan fingerprint density at radius 1 is 1.00 bits per heavy atom. The van der Waals surface area contributed by atoms with Crippen LogP contribution in [0.3, 0.4) is 0 Å². The summed E-state index contributed by atoms with van der Waals surface area (Å²) in [5, 5.41) is 0. The predicted molar refractivity (Wildman–Crippen MR) is 130 cm³/mol. The smallest absolute Gasteiger partial charge is 0.00766 e. The molecule has 0 saturated heterocycles. The molecule has 0 spiro atoms. The molecule has 9 atom stereocenters. The van der Waals surface area contributed by atoms with Gasteiger partial charge in [0.05, 0.1) is 0 Å². The average molecular weight is 414 g/mol. The summed E-state index contributed by atoms with van der Waals surface area (Å²) in [5.74, 6) is 6.49. The van der Waals surface area contributed by atoms with Gasteiger partial charge in [-0.1, -0.05) is 66.0 Å². The Morgan fingerprint density at radius 2 is 1.77 bits per heavy atom. The van der Waals surface area contributed by atoms with Gasteiger partial charge in [-0.25, -0.2) is 0 Å². The second kappa shape index (κ2) is 8.57. The van der Waals surface area contributed by atoms with E-state index in [0.717, 1.165) is 41.4 Å². The molecular weight excluding hydrogens is 362 g/mol. The van der Waals surface area contributed by atoms with Gasteiger partial charge in [-0.15, -0.1) is 0 Å². The van der Waals surface area contributed by atoms with Crippen molar-refractivity contribution in [1.29, 1.82) is 0 Å². The van der Waals surface area contributed by atoms with Crippen molar-refractivity contribution in [3.63, 3.8) is 0 Å². The number of rotatable bonds is 6. The van der Waals surface area contributed by atoms with Crippen LogP contribution in [0, 0.1) is 52.3 Å². The molecule has 0 amide bonds. The molecular formula is C29H51N. The van der Waals surface area contributed by atoms with Gasteiger partial charge in [0.25, 0.3) is 0 Å². The van der Waals surface area contributed by atoms with Crippen LogP contribution in [0.15, 0.2) is 11.6 Å². The maximum absolute atomic E-state index is 6.36. The van der Waals surface area contributed by atoms with Crippen molar-refractivity contribution in [2.75, 3.05) is 0 Å². The number of hydrogen-bond donors (Lipinski definition) is 1.